The Morgan fingerprint density at radius 2 is 2.00 bits per heavy atom. The van der Waals surface area contributed by atoms with Crippen LogP contribution in [-0.4, -0.2) is 47.5 Å². The molecule has 1 unspecified atom stereocenters. The summed E-state index contributed by atoms with van der Waals surface area (Å²) in [4.78, 5) is 35.5. The minimum Gasteiger partial charge on any atom is -0.480 e. The van der Waals surface area contributed by atoms with Crippen LogP contribution in [0.15, 0.2) is 24.3 Å². The second kappa shape index (κ2) is 6.39. The zero-order chi connectivity index (χ0) is 15.4. The number of benzene rings is 1. The summed E-state index contributed by atoms with van der Waals surface area (Å²) in [6, 6.07) is 6.15. The molecule has 0 saturated carbocycles. The van der Waals surface area contributed by atoms with Gasteiger partial charge >= 0.3 is 11.9 Å². The Hall–Kier alpha value is -2.37. The van der Waals surface area contributed by atoms with Gasteiger partial charge in [0.1, 0.15) is 6.04 Å². The SMILES string of the molecule is COC(=O)c1ccc(CCN2C(=O)CCC2C(=O)O)cc1. The number of carbonyl (C=O) groups is 3. The van der Waals surface area contributed by atoms with Gasteiger partial charge in [0.15, 0.2) is 0 Å². The summed E-state index contributed by atoms with van der Waals surface area (Å²) < 4.78 is 4.61. The maximum Gasteiger partial charge on any atom is 0.337 e. The lowest BCUT2D eigenvalue weighted by molar-refractivity contribution is -0.146. The fourth-order valence-electron chi connectivity index (χ4n) is 2.45. The number of rotatable bonds is 5. The zero-order valence-corrected chi connectivity index (χ0v) is 11.7. The number of carboxylic acid groups (broad SMARTS) is 1. The topological polar surface area (TPSA) is 83.9 Å². The van der Waals surface area contributed by atoms with Gasteiger partial charge in [0, 0.05) is 13.0 Å². The summed E-state index contributed by atoms with van der Waals surface area (Å²) >= 11 is 0. The van der Waals surface area contributed by atoms with Crippen LogP contribution in [0.25, 0.3) is 0 Å². The minimum atomic E-state index is -0.957. The number of hydrogen-bond donors (Lipinski definition) is 1. The molecule has 2 rings (SSSR count). The molecule has 1 amide bonds. The third kappa shape index (κ3) is 3.39. The monoisotopic (exact) mass is 291 g/mol. The van der Waals surface area contributed by atoms with Gasteiger partial charge in [-0.05, 0) is 30.5 Å². The van der Waals surface area contributed by atoms with Gasteiger partial charge in [0.2, 0.25) is 5.91 Å². The van der Waals surface area contributed by atoms with Crippen LogP contribution < -0.4 is 0 Å². The lowest BCUT2D eigenvalue weighted by Crippen LogP contribution is -2.39. The Kier molecular flexibility index (Phi) is 4.57. The molecule has 1 saturated heterocycles. The third-order valence-corrected chi connectivity index (χ3v) is 3.63. The van der Waals surface area contributed by atoms with Crippen LogP contribution >= 0.6 is 0 Å². The molecule has 0 bridgehead atoms. The predicted octanol–water partition coefficient (Wildman–Crippen LogP) is 1.09. The molecule has 1 aliphatic rings. The Bertz CT molecular complexity index is 552. The molecule has 1 N–H and O–H groups in total. The van der Waals surface area contributed by atoms with E-state index >= 15 is 0 Å². The van der Waals surface area contributed by atoms with E-state index in [1.165, 1.54) is 12.0 Å². The summed E-state index contributed by atoms with van der Waals surface area (Å²) in [5, 5.41) is 9.08. The summed E-state index contributed by atoms with van der Waals surface area (Å²) in [6.07, 6.45) is 1.21. The van der Waals surface area contributed by atoms with Crippen molar-refractivity contribution in [2.45, 2.75) is 25.3 Å². The molecule has 1 aromatic rings. The Labute approximate surface area is 122 Å². The summed E-state index contributed by atoms with van der Waals surface area (Å²) in [5.74, 6) is -1.47. The minimum absolute atomic E-state index is 0.117. The normalized spacial score (nSPS) is 17.9. The van der Waals surface area contributed by atoms with E-state index in [0.29, 0.717) is 24.9 Å². The van der Waals surface area contributed by atoms with Crippen molar-refractivity contribution in [3.8, 4) is 0 Å². The van der Waals surface area contributed by atoms with Crippen molar-refractivity contribution in [1.82, 2.24) is 4.90 Å². The van der Waals surface area contributed by atoms with Crippen molar-refractivity contribution in [3.63, 3.8) is 0 Å². The standard InChI is InChI=1S/C15H17NO5/c1-21-15(20)11-4-2-10(3-5-11)8-9-16-12(14(18)19)6-7-13(16)17/h2-5,12H,6-9H2,1H3,(H,18,19). The molecule has 1 aromatic carbocycles. The van der Waals surface area contributed by atoms with Gasteiger partial charge in [0.25, 0.3) is 0 Å². The fourth-order valence-corrected chi connectivity index (χ4v) is 2.45. The number of carboxylic acids is 1. The van der Waals surface area contributed by atoms with Crippen molar-refractivity contribution in [2.75, 3.05) is 13.7 Å². The summed E-state index contributed by atoms with van der Waals surface area (Å²) in [5.41, 5.74) is 1.40. The van der Waals surface area contributed by atoms with Crippen LogP contribution in [0.5, 0.6) is 0 Å². The number of likely N-dealkylation sites (tertiary alicyclic amines) is 1. The second-order valence-electron chi connectivity index (χ2n) is 4.92. The number of hydrogen-bond acceptors (Lipinski definition) is 4. The molecule has 0 spiro atoms. The molecule has 112 valence electrons. The highest BCUT2D eigenvalue weighted by Gasteiger charge is 2.35. The first kappa shape index (κ1) is 15.0. The summed E-state index contributed by atoms with van der Waals surface area (Å²) in [7, 11) is 1.32. The predicted molar refractivity (Wildman–Crippen MR) is 73.9 cm³/mol. The fraction of sp³-hybridized carbons (Fsp3) is 0.400. The highest BCUT2D eigenvalue weighted by atomic mass is 16.5. The van der Waals surface area contributed by atoms with Gasteiger partial charge in [-0.25, -0.2) is 9.59 Å². The van der Waals surface area contributed by atoms with Gasteiger partial charge < -0.3 is 14.7 Å². The highest BCUT2D eigenvalue weighted by molar-refractivity contribution is 5.89. The van der Waals surface area contributed by atoms with E-state index in [1.54, 1.807) is 24.3 Å². The number of carbonyl (C=O) groups excluding carboxylic acids is 2. The lowest BCUT2D eigenvalue weighted by atomic mass is 10.1. The maximum atomic E-state index is 11.7. The molecule has 1 heterocycles. The molecule has 1 fully saturated rings. The van der Waals surface area contributed by atoms with Crippen LogP contribution in [-0.2, 0) is 20.7 Å². The maximum absolute atomic E-state index is 11.7. The number of methoxy groups -OCH3 is 1. The van der Waals surface area contributed by atoms with Crippen LogP contribution in [0.3, 0.4) is 0 Å². The van der Waals surface area contributed by atoms with Gasteiger partial charge in [-0.3, -0.25) is 4.79 Å². The van der Waals surface area contributed by atoms with Crippen molar-refractivity contribution >= 4 is 17.8 Å². The molecule has 0 aromatic heterocycles. The Morgan fingerprint density at radius 1 is 1.33 bits per heavy atom. The number of aliphatic carboxylic acids is 1. The van der Waals surface area contributed by atoms with E-state index in [1.807, 2.05) is 0 Å². The first-order valence-corrected chi connectivity index (χ1v) is 6.72. The number of ether oxygens (including phenoxy) is 1. The molecule has 0 radical (unpaired) electrons. The molecule has 1 aliphatic heterocycles. The molecule has 6 heteroatoms. The van der Waals surface area contributed by atoms with Crippen molar-refractivity contribution < 1.29 is 24.2 Å². The van der Waals surface area contributed by atoms with E-state index in [9.17, 15) is 14.4 Å². The number of amides is 1. The van der Waals surface area contributed by atoms with Crippen LogP contribution in [0.1, 0.15) is 28.8 Å². The third-order valence-electron chi connectivity index (χ3n) is 3.63. The Balaban J connectivity index is 1.97. The smallest absolute Gasteiger partial charge is 0.337 e. The lowest BCUT2D eigenvalue weighted by Gasteiger charge is -2.21. The average molecular weight is 291 g/mol. The van der Waals surface area contributed by atoms with Gasteiger partial charge in [-0.1, -0.05) is 12.1 Å². The number of nitrogens with zero attached hydrogens (tertiary/aromatic N) is 1. The molecule has 21 heavy (non-hydrogen) atoms. The van der Waals surface area contributed by atoms with Gasteiger partial charge in [0.05, 0.1) is 12.7 Å². The zero-order valence-electron chi connectivity index (χ0n) is 11.7. The number of esters is 1. The molecule has 0 aliphatic carbocycles. The van der Waals surface area contributed by atoms with E-state index in [4.69, 9.17) is 5.11 Å². The van der Waals surface area contributed by atoms with Crippen molar-refractivity contribution in [3.05, 3.63) is 35.4 Å². The van der Waals surface area contributed by atoms with E-state index in [-0.39, 0.29) is 12.3 Å². The van der Waals surface area contributed by atoms with E-state index < -0.39 is 18.0 Å². The van der Waals surface area contributed by atoms with Crippen LogP contribution in [0.4, 0.5) is 0 Å². The van der Waals surface area contributed by atoms with Crippen molar-refractivity contribution in [1.29, 1.82) is 0 Å². The molecular formula is C15H17NO5. The van der Waals surface area contributed by atoms with Crippen LogP contribution in [0, 0.1) is 0 Å². The van der Waals surface area contributed by atoms with E-state index in [2.05, 4.69) is 4.74 Å². The Morgan fingerprint density at radius 3 is 2.57 bits per heavy atom. The quantitative estimate of drug-likeness (QED) is 0.821. The summed E-state index contributed by atoms with van der Waals surface area (Å²) in [6.45, 7) is 0.368. The molecular weight excluding hydrogens is 274 g/mol. The van der Waals surface area contributed by atoms with Crippen LogP contribution in [0.2, 0.25) is 0 Å². The van der Waals surface area contributed by atoms with Gasteiger partial charge in [-0.15, -0.1) is 0 Å². The van der Waals surface area contributed by atoms with Crippen molar-refractivity contribution in [2.24, 2.45) is 0 Å². The van der Waals surface area contributed by atoms with Gasteiger partial charge in [-0.2, -0.15) is 0 Å². The average Bonchev–Trinajstić information content (AvgIpc) is 2.86. The second-order valence-corrected chi connectivity index (χ2v) is 4.92. The first-order valence-electron chi connectivity index (χ1n) is 6.72. The largest absolute Gasteiger partial charge is 0.480 e. The molecule has 6 nitrogen and oxygen atoms in total. The first-order chi connectivity index (χ1) is 10.0. The molecule has 1 atom stereocenters. The van der Waals surface area contributed by atoms with E-state index in [0.717, 1.165) is 5.56 Å². The highest BCUT2D eigenvalue weighted by Crippen LogP contribution is 2.19.